The summed E-state index contributed by atoms with van der Waals surface area (Å²) in [5, 5.41) is 0. The molecule has 2 saturated carbocycles. The Morgan fingerprint density at radius 3 is 1.29 bits per heavy atom. The van der Waals surface area contributed by atoms with Crippen molar-refractivity contribution in [2.45, 2.75) is 109 Å². The van der Waals surface area contributed by atoms with E-state index >= 15 is 0 Å². The van der Waals surface area contributed by atoms with Crippen LogP contribution in [0.5, 0.6) is 0 Å². The molecule has 2 aliphatic carbocycles. The van der Waals surface area contributed by atoms with Gasteiger partial charge >= 0.3 is 0 Å². The molecule has 0 spiro atoms. The van der Waals surface area contributed by atoms with Gasteiger partial charge in [0.15, 0.2) is 0 Å². The smallest absolute Gasteiger partial charge is 0.189 e. The minimum absolute atomic E-state index is 0.176. The molecular weight excluding hydrogens is 645 g/mol. The van der Waals surface area contributed by atoms with E-state index in [2.05, 4.69) is 96.0 Å². The molecule has 0 bridgehead atoms. The molecule has 2 aliphatic rings. The Kier molecular flexibility index (Phi) is 14.3. The van der Waals surface area contributed by atoms with Gasteiger partial charge in [0.05, 0.1) is 11.1 Å². The SMILES string of the molecule is CCCCc1ccc(C2CCC(C#Cc3ccc(F)nc3F)CC2)cc1.CCCc1ccc(C2CCC(C#Cc3ccc(F)nc3F)CC2)cc1. The van der Waals surface area contributed by atoms with Crippen LogP contribution in [-0.4, -0.2) is 9.97 Å². The Bertz CT molecular complexity index is 1810. The number of aromatic nitrogens is 2. The molecule has 51 heavy (non-hydrogen) atoms. The van der Waals surface area contributed by atoms with Gasteiger partial charge in [0.1, 0.15) is 0 Å². The van der Waals surface area contributed by atoms with Crippen molar-refractivity contribution in [3.05, 3.63) is 130 Å². The van der Waals surface area contributed by atoms with Gasteiger partial charge in [-0.1, -0.05) is 98.9 Å². The molecule has 0 saturated heterocycles. The number of halogens is 4. The minimum Gasteiger partial charge on any atom is -0.189 e. The van der Waals surface area contributed by atoms with E-state index in [1.54, 1.807) is 0 Å². The van der Waals surface area contributed by atoms with E-state index in [9.17, 15) is 17.6 Å². The van der Waals surface area contributed by atoms with Crippen molar-refractivity contribution in [3.8, 4) is 23.7 Å². The maximum atomic E-state index is 13.5. The van der Waals surface area contributed by atoms with Crippen molar-refractivity contribution in [2.24, 2.45) is 11.8 Å². The predicted molar refractivity (Wildman–Crippen MR) is 197 cm³/mol. The van der Waals surface area contributed by atoms with Crippen LogP contribution in [0.2, 0.25) is 0 Å². The second kappa shape index (κ2) is 19.3. The highest BCUT2D eigenvalue weighted by Crippen LogP contribution is 2.37. The highest BCUT2D eigenvalue weighted by Gasteiger charge is 2.22. The average Bonchev–Trinajstić information content (AvgIpc) is 3.15. The Morgan fingerprint density at radius 2 is 0.922 bits per heavy atom. The molecule has 2 heterocycles. The van der Waals surface area contributed by atoms with Gasteiger partial charge < -0.3 is 0 Å². The third kappa shape index (κ3) is 11.5. The quantitative estimate of drug-likeness (QED) is 0.109. The molecule has 4 aromatic rings. The molecule has 0 radical (unpaired) electrons. The first kappa shape index (κ1) is 37.8. The van der Waals surface area contributed by atoms with Crippen LogP contribution >= 0.6 is 0 Å². The molecule has 0 aliphatic heterocycles. The van der Waals surface area contributed by atoms with Gasteiger partial charge in [0.2, 0.25) is 23.8 Å². The standard InChI is InChI=1S/C23H25F2N.C22H23F2N/c1-2-3-4-17-5-10-19(11-6-17)20-12-7-18(8-13-20)9-14-21-15-16-22(24)26-23(21)25;1-2-3-16-4-9-18(10-5-16)19-11-6-17(7-12-19)8-13-20-14-15-21(23)25-22(20)24/h5-6,10-11,15-16,18,20H,2-4,7-8,12-13H2,1H3;4-5,9-10,14-15,17,19H,2-3,6-7,11-12H2,1H3. The lowest BCUT2D eigenvalue weighted by atomic mass is 9.78. The number of benzene rings is 2. The molecule has 0 amide bonds. The van der Waals surface area contributed by atoms with Gasteiger partial charge in [-0.3, -0.25) is 0 Å². The third-order valence-corrected chi connectivity index (χ3v) is 10.2. The van der Waals surface area contributed by atoms with Crippen LogP contribution in [0.4, 0.5) is 17.6 Å². The zero-order valence-corrected chi connectivity index (χ0v) is 29.8. The molecule has 0 atom stereocenters. The minimum atomic E-state index is -0.826. The van der Waals surface area contributed by atoms with Gasteiger partial charge in [-0.2, -0.15) is 27.5 Å². The fourth-order valence-electron chi connectivity index (χ4n) is 7.10. The van der Waals surface area contributed by atoms with E-state index in [0.717, 1.165) is 76.3 Å². The highest BCUT2D eigenvalue weighted by molar-refractivity contribution is 5.35. The monoisotopic (exact) mass is 692 g/mol. The van der Waals surface area contributed by atoms with Crippen molar-refractivity contribution >= 4 is 0 Å². The van der Waals surface area contributed by atoms with Crippen LogP contribution in [0.25, 0.3) is 0 Å². The number of aryl methyl sites for hydroxylation is 2. The molecule has 2 fully saturated rings. The molecule has 0 unspecified atom stereocenters. The molecule has 266 valence electrons. The summed E-state index contributed by atoms with van der Waals surface area (Å²) in [5.74, 6) is 10.4. The van der Waals surface area contributed by atoms with Crippen LogP contribution in [0.1, 0.15) is 130 Å². The number of nitrogens with zero attached hydrogens (tertiary/aromatic N) is 2. The summed E-state index contributed by atoms with van der Waals surface area (Å²) in [6, 6.07) is 23.1. The molecule has 0 N–H and O–H groups in total. The summed E-state index contributed by atoms with van der Waals surface area (Å²) in [4.78, 5) is 6.35. The first-order valence-corrected chi connectivity index (χ1v) is 18.7. The summed E-state index contributed by atoms with van der Waals surface area (Å²) in [7, 11) is 0. The van der Waals surface area contributed by atoms with Crippen molar-refractivity contribution in [3.63, 3.8) is 0 Å². The summed E-state index contributed by atoms with van der Waals surface area (Å²) in [6.45, 7) is 4.42. The molecule has 6 heteroatoms. The van der Waals surface area contributed by atoms with Crippen LogP contribution in [0, 0.1) is 59.3 Å². The normalized spacial score (nSPS) is 19.8. The predicted octanol–water partition coefficient (Wildman–Crippen LogP) is 11.7. The second-order valence-corrected chi connectivity index (χ2v) is 13.9. The van der Waals surface area contributed by atoms with Gasteiger partial charge in [0, 0.05) is 11.8 Å². The van der Waals surface area contributed by atoms with E-state index in [1.807, 2.05) is 0 Å². The molecule has 2 aromatic carbocycles. The fraction of sp³-hybridized carbons (Fsp3) is 0.422. The van der Waals surface area contributed by atoms with Gasteiger partial charge in [0.25, 0.3) is 0 Å². The summed E-state index contributed by atoms with van der Waals surface area (Å²) in [5.41, 5.74) is 6.02. The first-order valence-electron chi connectivity index (χ1n) is 18.7. The highest BCUT2D eigenvalue weighted by atomic mass is 19.1. The summed E-state index contributed by atoms with van der Waals surface area (Å²) >= 11 is 0. The van der Waals surface area contributed by atoms with Gasteiger partial charge in [-0.05, 0) is 129 Å². The first-order chi connectivity index (χ1) is 24.8. The Morgan fingerprint density at radius 1 is 0.510 bits per heavy atom. The van der Waals surface area contributed by atoms with Gasteiger partial charge in [-0.25, -0.2) is 0 Å². The number of pyridine rings is 2. The zero-order chi connectivity index (χ0) is 36.0. The second-order valence-electron chi connectivity index (χ2n) is 13.9. The van der Waals surface area contributed by atoms with Crippen LogP contribution in [-0.2, 0) is 12.8 Å². The Labute approximate surface area is 301 Å². The van der Waals surface area contributed by atoms with Crippen LogP contribution in [0.15, 0.2) is 72.8 Å². The third-order valence-electron chi connectivity index (χ3n) is 10.2. The maximum Gasteiger partial charge on any atom is 0.231 e. The lowest BCUT2D eigenvalue weighted by Gasteiger charge is -2.26. The number of hydrogen-bond donors (Lipinski definition) is 0. The number of rotatable bonds is 7. The van der Waals surface area contributed by atoms with E-state index in [-0.39, 0.29) is 23.0 Å². The number of unbranched alkanes of at least 4 members (excludes halogenated alkanes) is 1. The van der Waals surface area contributed by atoms with E-state index in [1.165, 1.54) is 53.6 Å². The van der Waals surface area contributed by atoms with Crippen molar-refractivity contribution in [1.29, 1.82) is 0 Å². The topological polar surface area (TPSA) is 25.8 Å². The molecule has 2 aromatic heterocycles. The Hall–Kier alpha value is -4.42. The zero-order valence-electron chi connectivity index (χ0n) is 29.8. The average molecular weight is 693 g/mol. The van der Waals surface area contributed by atoms with Crippen LogP contribution in [0.3, 0.4) is 0 Å². The molecular formula is C45H48F4N2. The number of hydrogen-bond acceptors (Lipinski definition) is 2. The van der Waals surface area contributed by atoms with Gasteiger partial charge in [-0.15, -0.1) is 0 Å². The molecule has 6 rings (SSSR count). The lowest BCUT2D eigenvalue weighted by Crippen LogP contribution is -2.12. The summed E-state index contributed by atoms with van der Waals surface area (Å²) < 4.78 is 52.7. The fourth-order valence-corrected chi connectivity index (χ4v) is 7.10. The van der Waals surface area contributed by atoms with E-state index in [4.69, 9.17) is 0 Å². The van der Waals surface area contributed by atoms with E-state index in [0.29, 0.717) is 11.8 Å². The molecule has 2 nitrogen and oxygen atoms in total. The van der Waals surface area contributed by atoms with Crippen molar-refractivity contribution in [1.82, 2.24) is 9.97 Å². The largest absolute Gasteiger partial charge is 0.231 e. The van der Waals surface area contributed by atoms with E-state index < -0.39 is 23.8 Å². The Balaban J connectivity index is 0.000000198. The van der Waals surface area contributed by atoms with Crippen LogP contribution < -0.4 is 0 Å². The lowest BCUT2D eigenvalue weighted by molar-refractivity contribution is 0.384. The summed E-state index contributed by atoms with van der Waals surface area (Å²) in [6.07, 6.45) is 14.5. The van der Waals surface area contributed by atoms with Crippen molar-refractivity contribution in [2.75, 3.05) is 0 Å². The maximum absolute atomic E-state index is 13.5. The van der Waals surface area contributed by atoms with Crippen molar-refractivity contribution < 1.29 is 17.6 Å².